The maximum absolute atomic E-state index is 5.40. The standard InChI is InChI=1S/C21H30N2/c1-9-10-19(22(5)6)13-16(2)11-12-21-17(3)14-20(23(7)8)15-18(21)4/h1,10,13-15H,11-12H2,2-8H3/b16-13-,19-10+. The van der Waals surface area contributed by atoms with Gasteiger partial charge in [0.25, 0.3) is 0 Å². The third-order valence-corrected chi connectivity index (χ3v) is 4.11. The number of hydrogen-bond donors (Lipinski definition) is 0. The number of nitrogens with zero attached hydrogens (tertiary/aromatic N) is 2. The molecule has 0 aromatic heterocycles. The molecule has 23 heavy (non-hydrogen) atoms. The van der Waals surface area contributed by atoms with Crippen molar-refractivity contribution >= 4 is 5.69 Å². The molecule has 0 aliphatic heterocycles. The van der Waals surface area contributed by atoms with E-state index in [9.17, 15) is 0 Å². The van der Waals surface area contributed by atoms with Crippen molar-refractivity contribution in [1.29, 1.82) is 0 Å². The minimum atomic E-state index is 1.04. The van der Waals surface area contributed by atoms with Crippen molar-refractivity contribution in [3.63, 3.8) is 0 Å². The van der Waals surface area contributed by atoms with Gasteiger partial charge in [0.05, 0.1) is 0 Å². The molecule has 1 aromatic carbocycles. The summed E-state index contributed by atoms with van der Waals surface area (Å²) in [4.78, 5) is 4.20. The number of aryl methyl sites for hydroxylation is 2. The minimum absolute atomic E-state index is 1.04. The SMILES string of the molecule is C#C/C=C(\C=C(\C)CCc1c(C)cc(N(C)C)cc1C)N(C)C. The highest BCUT2D eigenvalue weighted by Crippen LogP contribution is 2.24. The van der Waals surface area contributed by atoms with Crippen LogP contribution in [0.4, 0.5) is 5.69 Å². The van der Waals surface area contributed by atoms with Gasteiger partial charge in [0, 0.05) is 45.7 Å². The number of rotatable bonds is 6. The Morgan fingerprint density at radius 3 is 2.13 bits per heavy atom. The van der Waals surface area contributed by atoms with E-state index in [1.165, 1.54) is 28.0 Å². The lowest BCUT2D eigenvalue weighted by Crippen LogP contribution is -2.10. The second-order valence-electron chi connectivity index (χ2n) is 6.57. The topological polar surface area (TPSA) is 6.48 Å². The first kappa shape index (κ1) is 18.9. The molecule has 2 nitrogen and oxygen atoms in total. The maximum atomic E-state index is 5.40. The zero-order chi connectivity index (χ0) is 17.6. The molecule has 124 valence electrons. The van der Waals surface area contributed by atoms with Gasteiger partial charge in [0.1, 0.15) is 0 Å². The Hall–Kier alpha value is -2.14. The maximum Gasteiger partial charge on any atom is 0.0445 e. The Labute approximate surface area is 142 Å². The van der Waals surface area contributed by atoms with Gasteiger partial charge < -0.3 is 9.80 Å². The van der Waals surface area contributed by atoms with Gasteiger partial charge in [-0.25, -0.2) is 0 Å². The van der Waals surface area contributed by atoms with E-state index in [1.54, 1.807) is 0 Å². The molecule has 0 bridgehead atoms. The van der Waals surface area contributed by atoms with E-state index in [4.69, 9.17) is 6.42 Å². The largest absolute Gasteiger partial charge is 0.378 e. The summed E-state index contributed by atoms with van der Waals surface area (Å²) >= 11 is 0. The Kier molecular flexibility index (Phi) is 6.97. The van der Waals surface area contributed by atoms with Crippen molar-refractivity contribution < 1.29 is 0 Å². The van der Waals surface area contributed by atoms with Crippen LogP contribution in [0.5, 0.6) is 0 Å². The van der Waals surface area contributed by atoms with Gasteiger partial charge in [-0.05, 0) is 68.5 Å². The summed E-state index contributed by atoms with van der Waals surface area (Å²) in [6.45, 7) is 6.59. The number of anilines is 1. The molecule has 1 aromatic rings. The van der Waals surface area contributed by atoms with Crippen LogP contribution in [0.3, 0.4) is 0 Å². The lowest BCUT2D eigenvalue weighted by Gasteiger charge is -2.18. The highest BCUT2D eigenvalue weighted by molar-refractivity contribution is 5.53. The summed E-state index contributed by atoms with van der Waals surface area (Å²) in [6.07, 6.45) is 11.5. The smallest absolute Gasteiger partial charge is 0.0445 e. The minimum Gasteiger partial charge on any atom is -0.378 e. The average Bonchev–Trinajstić information content (AvgIpc) is 2.45. The summed E-state index contributed by atoms with van der Waals surface area (Å²) in [6, 6.07) is 4.54. The van der Waals surface area contributed by atoms with Gasteiger partial charge in [-0.3, -0.25) is 0 Å². The average molecular weight is 310 g/mol. The van der Waals surface area contributed by atoms with E-state index >= 15 is 0 Å². The zero-order valence-electron chi connectivity index (χ0n) is 15.7. The van der Waals surface area contributed by atoms with Crippen molar-refractivity contribution in [2.45, 2.75) is 33.6 Å². The molecule has 0 saturated carbocycles. The van der Waals surface area contributed by atoms with Crippen molar-refractivity contribution in [2.75, 3.05) is 33.1 Å². The molecule has 0 heterocycles. The number of hydrogen-bond acceptors (Lipinski definition) is 2. The molecule has 0 fully saturated rings. The Morgan fingerprint density at radius 2 is 1.70 bits per heavy atom. The number of benzene rings is 1. The second-order valence-corrected chi connectivity index (χ2v) is 6.57. The van der Waals surface area contributed by atoms with Crippen LogP contribution in [-0.4, -0.2) is 33.1 Å². The fraction of sp³-hybridized carbons (Fsp3) is 0.429. The van der Waals surface area contributed by atoms with Crippen molar-refractivity contribution in [1.82, 2.24) is 4.90 Å². The van der Waals surface area contributed by atoms with Crippen molar-refractivity contribution in [3.05, 3.63) is 52.2 Å². The van der Waals surface area contributed by atoms with E-state index < -0.39 is 0 Å². The van der Waals surface area contributed by atoms with Crippen LogP contribution in [0.2, 0.25) is 0 Å². The van der Waals surface area contributed by atoms with Crippen LogP contribution in [0.15, 0.2) is 35.6 Å². The first-order valence-corrected chi connectivity index (χ1v) is 8.04. The molecule has 0 unspecified atom stereocenters. The predicted octanol–water partition coefficient (Wildman–Crippen LogP) is 4.33. The quantitative estimate of drug-likeness (QED) is 0.570. The lowest BCUT2D eigenvalue weighted by atomic mass is 9.95. The Morgan fingerprint density at radius 1 is 1.13 bits per heavy atom. The summed E-state index contributed by atoms with van der Waals surface area (Å²) in [5.41, 5.74) is 7.87. The molecular weight excluding hydrogens is 280 g/mol. The number of allylic oxidation sites excluding steroid dienone is 3. The van der Waals surface area contributed by atoms with Gasteiger partial charge in [0.2, 0.25) is 0 Å². The molecule has 0 N–H and O–H groups in total. The first-order chi connectivity index (χ1) is 10.8. The van der Waals surface area contributed by atoms with E-state index in [1.807, 2.05) is 25.1 Å². The normalized spacial score (nSPS) is 12.1. The van der Waals surface area contributed by atoms with Gasteiger partial charge >= 0.3 is 0 Å². The summed E-state index contributed by atoms with van der Waals surface area (Å²) in [5.74, 6) is 2.61. The molecule has 0 atom stereocenters. The summed E-state index contributed by atoms with van der Waals surface area (Å²) < 4.78 is 0. The van der Waals surface area contributed by atoms with Gasteiger partial charge in [-0.2, -0.15) is 0 Å². The van der Waals surface area contributed by atoms with Crippen LogP contribution in [0, 0.1) is 26.2 Å². The highest BCUT2D eigenvalue weighted by Gasteiger charge is 2.07. The molecule has 2 heteroatoms. The van der Waals surface area contributed by atoms with Gasteiger partial charge in [-0.15, -0.1) is 6.42 Å². The van der Waals surface area contributed by atoms with Gasteiger partial charge in [0.15, 0.2) is 0 Å². The Balaban J connectivity index is 2.90. The third-order valence-electron chi connectivity index (χ3n) is 4.11. The van der Waals surface area contributed by atoms with E-state index in [-0.39, 0.29) is 0 Å². The monoisotopic (exact) mass is 310 g/mol. The fourth-order valence-electron chi connectivity index (χ4n) is 2.66. The van der Waals surface area contributed by atoms with Gasteiger partial charge in [-0.1, -0.05) is 11.5 Å². The van der Waals surface area contributed by atoms with Crippen molar-refractivity contribution in [2.24, 2.45) is 0 Å². The number of terminal acetylenes is 1. The molecule has 0 aliphatic carbocycles. The molecule has 0 spiro atoms. The van der Waals surface area contributed by atoms with E-state index in [0.717, 1.165) is 18.5 Å². The Bertz CT molecular complexity index is 617. The van der Waals surface area contributed by atoms with Crippen LogP contribution >= 0.6 is 0 Å². The molecule has 0 aliphatic rings. The molecule has 1 rings (SSSR count). The third kappa shape index (κ3) is 5.53. The first-order valence-electron chi connectivity index (χ1n) is 8.04. The van der Waals surface area contributed by atoms with Crippen molar-refractivity contribution in [3.8, 4) is 12.3 Å². The molecular formula is C21H30N2. The molecule has 0 radical (unpaired) electrons. The lowest BCUT2D eigenvalue weighted by molar-refractivity contribution is 0.529. The zero-order valence-corrected chi connectivity index (χ0v) is 15.7. The fourth-order valence-corrected chi connectivity index (χ4v) is 2.66. The highest BCUT2D eigenvalue weighted by atomic mass is 15.1. The van der Waals surface area contributed by atoms with Crippen LogP contribution < -0.4 is 4.90 Å². The van der Waals surface area contributed by atoms with Crippen LogP contribution in [0.1, 0.15) is 30.0 Å². The predicted molar refractivity (Wildman–Crippen MR) is 103 cm³/mol. The molecule has 0 saturated heterocycles. The second kappa shape index (κ2) is 8.48. The number of likely N-dealkylation sites (N-methyl/N-ethyl adjacent to an activating group) is 1. The van der Waals surface area contributed by atoms with E-state index in [0.29, 0.717) is 0 Å². The summed E-state index contributed by atoms with van der Waals surface area (Å²) in [5, 5.41) is 0. The van der Waals surface area contributed by atoms with Crippen LogP contribution in [-0.2, 0) is 6.42 Å². The van der Waals surface area contributed by atoms with Crippen LogP contribution in [0.25, 0.3) is 0 Å². The summed E-state index contributed by atoms with van der Waals surface area (Å²) in [7, 11) is 8.20. The molecule has 0 amide bonds. The van der Waals surface area contributed by atoms with E-state index in [2.05, 4.69) is 63.9 Å².